The Kier molecular flexibility index (Phi) is 5.72. The summed E-state index contributed by atoms with van der Waals surface area (Å²) in [6.07, 6.45) is 0. The molecule has 2 amide bonds. The first-order valence-electron chi connectivity index (χ1n) is 8.73. The third-order valence-corrected chi connectivity index (χ3v) is 5.59. The lowest BCUT2D eigenvalue weighted by molar-refractivity contribution is 0.0786. The van der Waals surface area contributed by atoms with Gasteiger partial charge in [-0.05, 0) is 37.1 Å². The Bertz CT molecular complexity index is 949. The first-order valence-corrected chi connectivity index (χ1v) is 9.54. The predicted octanol–water partition coefficient (Wildman–Crippen LogP) is 4.89. The smallest absolute Gasteiger partial charge is 0.257 e. The van der Waals surface area contributed by atoms with Crippen LogP contribution in [0.3, 0.4) is 0 Å². The third-order valence-electron chi connectivity index (χ3n) is 4.47. The zero-order valence-electron chi connectivity index (χ0n) is 15.7. The zero-order chi connectivity index (χ0) is 19.4. The van der Waals surface area contributed by atoms with Gasteiger partial charge in [0, 0.05) is 24.0 Å². The van der Waals surface area contributed by atoms with Crippen LogP contribution in [0.2, 0.25) is 0 Å². The maximum Gasteiger partial charge on any atom is 0.257 e. The van der Waals surface area contributed by atoms with Gasteiger partial charge < -0.3 is 10.2 Å². The summed E-state index contributed by atoms with van der Waals surface area (Å²) in [5.74, 6) is -0.305. The lowest BCUT2D eigenvalue weighted by Crippen LogP contribution is -2.27. The highest BCUT2D eigenvalue weighted by Crippen LogP contribution is 2.33. The molecule has 0 unspecified atom stereocenters. The van der Waals surface area contributed by atoms with Gasteiger partial charge in [0.2, 0.25) is 0 Å². The zero-order valence-corrected chi connectivity index (χ0v) is 16.5. The topological polar surface area (TPSA) is 49.4 Å². The molecule has 0 spiro atoms. The molecule has 0 fully saturated rings. The van der Waals surface area contributed by atoms with Gasteiger partial charge in [0.05, 0.1) is 5.56 Å². The fourth-order valence-electron chi connectivity index (χ4n) is 2.86. The number of carbonyl (C=O) groups is 2. The Morgan fingerprint density at radius 3 is 2.19 bits per heavy atom. The molecule has 2 aromatic carbocycles. The van der Waals surface area contributed by atoms with Crippen LogP contribution >= 0.6 is 11.3 Å². The fraction of sp³-hybridized carbons (Fsp3) is 0.182. The van der Waals surface area contributed by atoms with E-state index in [2.05, 4.69) is 5.32 Å². The van der Waals surface area contributed by atoms with Gasteiger partial charge in [-0.2, -0.15) is 0 Å². The van der Waals surface area contributed by atoms with Crippen molar-refractivity contribution in [2.24, 2.45) is 0 Å². The van der Waals surface area contributed by atoms with Gasteiger partial charge >= 0.3 is 0 Å². The van der Waals surface area contributed by atoms with Crippen molar-refractivity contribution >= 4 is 28.2 Å². The molecule has 0 bridgehead atoms. The molecule has 0 atom stereocenters. The summed E-state index contributed by atoms with van der Waals surface area (Å²) in [5, 5.41) is 3.52. The molecule has 3 aromatic rings. The molecule has 5 heteroatoms. The highest BCUT2D eigenvalue weighted by Gasteiger charge is 2.24. The molecular formula is C22H22N2O2S. The Balaban J connectivity index is 1.84. The first-order chi connectivity index (χ1) is 13.0. The summed E-state index contributed by atoms with van der Waals surface area (Å²) in [5.41, 5.74) is 3.11. The average Bonchev–Trinajstić information content (AvgIpc) is 2.96. The van der Waals surface area contributed by atoms with Crippen LogP contribution in [0.15, 0.2) is 60.7 Å². The molecule has 27 heavy (non-hydrogen) atoms. The van der Waals surface area contributed by atoms with Gasteiger partial charge in [0.1, 0.15) is 5.00 Å². The van der Waals surface area contributed by atoms with E-state index in [1.165, 1.54) is 11.3 Å². The summed E-state index contributed by atoms with van der Waals surface area (Å²) in [4.78, 5) is 28.3. The van der Waals surface area contributed by atoms with Crippen LogP contribution in [0.4, 0.5) is 5.00 Å². The number of hydrogen-bond donors (Lipinski definition) is 1. The average molecular weight is 378 g/mol. The second kappa shape index (κ2) is 8.18. The van der Waals surface area contributed by atoms with E-state index in [-0.39, 0.29) is 11.8 Å². The van der Waals surface area contributed by atoms with Crippen molar-refractivity contribution in [3.63, 3.8) is 0 Å². The molecule has 0 aliphatic heterocycles. The van der Waals surface area contributed by atoms with Crippen molar-refractivity contribution in [3.05, 3.63) is 87.8 Å². The van der Waals surface area contributed by atoms with Crippen LogP contribution in [-0.2, 0) is 6.54 Å². The van der Waals surface area contributed by atoms with Crippen LogP contribution in [0.1, 0.15) is 36.7 Å². The molecular weight excluding hydrogens is 356 g/mol. The number of nitrogens with zero attached hydrogens (tertiary/aromatic N) is 1. The van der Waals surface area contributed by atoms with Crippen molar-refractivity contribution < 1.29 is 9.59 Å². The molecule has 3 rings (SSSR count). The number of carbonyl (C=O) groups excluding carboxylic acids is 2. The monoisotopic (exact) mass is 378 g/mol. The van der Waals surface area contributed by atoms with Crippen LogP contribution < -0.4 is 5.32 Å². The lowest BCUT2D eigenvalue weighted by Gasteiger charge is -2.18. The van der Waals surface area contributed by atoms with E-state index in [1.54, 1.807) is 24.1 Å². The number of rotatable bonds is 5. The summed E-state index contributed by atoms with van der Waals surface area (Å²) in [7, 11) is 1.78. The third kappa shape index (κ3) is 4.26. The highest BCUT2D eigenvalue weighted by molar-refractivity contribution is 7.16. The molecule has 0 saturated heterocycles. The van der Waals surface area contributed by atoms with Crippen molar-refractivity contribution in [1.29, 1.82) is 0 Å². The van der Waals surface area contributed by atoms with Gasteiger partial charge in [-0.15, -0.1) is 11.3 Å². The Morgan fingerprint density at radius 1 is 0.963 bits per heavy atom. The van der Waals surface area contributed by atoms with Crippen molar-refractivity contribution in [3.8, 4) is 0 Å². The van der Waals surface area contributed by atoms with E-state index in [0.717, 1.165) is 16.0 Å². The minimum Gasteiger partial charge on any atom is -0.337 e. The first kappa shape index (κ1) is 18.9. The van der Waals surface area contributed by atoms with Crippen LogP contribution in [0.25, 0.3) is 0 Å². The normalized spacial score (nSPS) is 10.5. The van der Waals surface area contributed by atoms with Crippen molar-refractivity contribution in [2.45, 2.75) is 20.4 Å². The maximum absolute atomic E-state index is 13.1. The van der Waals surface area contributed by atoms with E-state index < -0.39 is 0 Å². The van der Waals surface area contributed by atoms with Gasteiger partial charge in [-0.3, -0.25) is 9.59 Å². The Hall–Kier alpha value is -2.92. The molecule has 1 heterocycles. The van der Waals surface area contributed by atoms with E-state index in [4.69, 9.17) is 0 Å². The number of anilines is 1. The molecule has 138 valence electrons. The van der Waals surface area contributed by atoms with E-state index in [0.29, 0.717) is 22.7 Å². The standard InChI is InChI=1S/C22H22N2O2S/c1-15-16(2)27-21(23-20(25)18-12-8-5-9-13-18)19(15)22(26)24(3)14-17-10-6-4-7-11-17/h4-13H,14H2,1-3H3,(H,23,25). The Labute approximate surface area is 163 Å². The van der Waals surface area contributed by atoms with Crippen LogP contribution in [0, 0.1) is 13.8 Å². The van der Waals surface area contributed by atoms with Crippen molar-refractivity contribution in [2.75, 3.05) is 12.4 Å². The molecule has 1 aromatic heterocycles. The molecule has 0 aliphatic rings. The molecule has 0 aliphatic carbocycles. The summed E-state index contributed by atoms with van der Waals surface area (Å²) >= 11 is 1.44. The second-order valence-corrected chi connectivity index (χ2v) is 7.68. The number of nitrogens with one attached hydrogen (secondary N) is 1. The fourth-order valence-corrected chi connectivity index (χ4v) is 3.90. The molecule has 0 saturated carbocycles. The maximum atomic E-state index is 13.1. The van der Waals surface area contributed by atoms with Crippen LogP contribution in [-0.4, -0.2) is 23.8 Å². The number of amides is 2. The Morgan fingerprint density at radius 2 is 1.56 bits per heavy atom. The summed E-state index contributed by atoms with van der Waals surface area (Å²) in [6.45, 7) is 4.40. The predicted molar refractivity (Wildman–Crippen MR) is 110 cm³/mol. The SMILES string of the molecule is Cc1sc(NC(=O)c2ccccc2)c(C(=O)N(C)Cc2ccccc2)c1C. The minimum atomic E-state index is -0.211. The highest BCUT2D eigenvalue weighted by atomic mass is 32.1. The van der Waals surface area contributed by atoms with Crippen molar-refractivity contribution in [1.82, 2.24) is 4.90 Å². The second-order valence-electron chi connectivity index (χ2n) is 6.45. The molecule has 4 nitrogen and oxygen atoms in total. The minimum absolute atomic E-state index is 0.0935. The quantitative estimate of drug-likeness (QED) is 0.687. The van der Waals surface area contributed by atoms with E-state index in [1.807, 2.05) is 62.4 Å². The lowest BCUT2D eigenvalue weighted by atomic mass is 10.1. The van der Waals surface area contributed by atoms with Gasteiger partial charge in [-0.1, -0.05) is 48.5 Å². The van der Waals surface area contributed by atoms with Gasteiger partial charge in [0.15, 0.2) is 0 Å². The summed E-state index contributed by atoms with van der Waals surface area (Å²) < 4.78 is 0. The number of thiophene rings is 1. The van der Waals surface area contributed by atoms with E-state index >= 15 is 0 Å². The number of benzene rings is 2. The van der Waals surface area contributed by atoms with Gasteiger partial charge in [-0.25, -0.2) is 0 Å². The summed E-state index contributed by atoms with van der Waals surface area (Å²) in [6, 6.07) is 18.9. The number of hydrogen-bond acceptors (Lipinski definition) is 3. The largest absolute Gasteiger partial charge is 0.337 e. The van der Waals surface area contributed by atoms with Crippen LogP contribution in [0.5, 0.6) is 0 Å². The molecule has 1 N–H and O–H groups in total. The van der Waals surface area contributed by atoms with E-state index in [9.17, 15) is 9.59 Å². The number of aryl methyl sites for hydroxylation is 1. The molecule has 0 radical (unpaired) electrons. The van der Waals surface area contributed by atoms with Gasteiger partial charge in [0.25, 0.3) is 11.8 Å².